The molecule has 5 heteroatoms. The van der Waals surface area contributed by atoms with Crippen LogP contribution in [0.4, 0.5) is 4.79 Å². The number of amides is 1. The Morgan fingerprint density at radius 2 is 1.75 bits per heavy atom. The molecule has 1 aliphatic rings. The van der Waals surface area contributed by atoms with Gasteiger partial charge in [-0.25, -0.2) is 4.79 Å². The zero-order valence-corrected chi connectivity index (χ0v) is 12.8. The number of allylic oxidation sites excluding steroid dienone is 2. The van der Waals surface area contributed by atoms with Gasteiger partial charge in [0.15, 0.2) is 0 Å². The van der Waals surface area contributed by atoms with Crippen LogP contribution in [-0.2, 0) is 14.3 Å². The van der Waals surface area contributed by atoms with Crippen molar-refractivity contribution in [1.29, 1.82) is 0 Å². The monoisotopic (exact) mass is 283 g/mol. The van der Waals surface area contributed by atoms with Gasteiger partial charge in [-0.05, 0) is 46.5 Å². The summed E-state index contributed by atoms with van der Waals surface area (Å²) in [5.41, 5.74) is -0.549. The molecule has 0 radical (unpaired) electrons. The number of hydrogen-bond acceptors (Lipinski definition) is 4. The number of hydrogen-bond donors (Lipinski definition) is 1. The van der Waals surface area contributed by atoms with E-state index in [-0.39, 0.29) is 17.9 Å². The van der Waals surface area contributed by atoms with Crippen molar-refractivity contribution in [2.24, 2.45) is 5.92 Å². The highest BCUT2D eigenvalue weighted by Crippen LogP contribution is 2.21. The van der Waals surface area contributed by atoms with Gasteiger partial charge in [-0.1, -0.05) is 12.2 Å². The lowest BCUT2D eigenvalue weighted by molar-refractivity contribution is -0.146. The van der Waals surface area contributed by atoms with Crippen LogP contribution in [0.1, 0.15) is 46.5 Å². The Bertz CT molecular complexity index is 371. The zero-order chi connectivity index (χ0) is 15.2. The van der Waals surface area contributed by atoms with Crippen LogP contribution in [0.25, 0.3) is 0 Å². The van der Waals surface area contributed by atoms with Gasteiger partial charge in [0.25, 0.3) is 0 Å². The fraction of sp³-hybridized carbons (Fsp3) is 0.733. The molecule has 1 aliphatic carbocycles. The van der Waals surface area contributed by atoms with Gasteiger partial charge in [-0.15, -0.1) is 0 Å². The van der Waals surface area contributed by atoms with E-state index in [1.54, 1.807) is 0 Å². The van der Waals surface area contributed by atoms with E-state index in [0.29, 0.717) is 12.8 Å². The second kappa shape index (κ2) is 7.31. The van der Waals surface area contributed by atoms with E-state index in [1.165, 1.54) is 7.11 Å². The highest BCUT2D eigenvalue weighted by molar-refractivity contribution is 5.75. The smallest absolute Gasteiger partial charge is 0.407 e. The van der Waals surface area contributed by atoms with Crippen LogP contribution in [0.15, 0.2) is 12.2 Å². The van der Waals surface area contributed by atoms with Crippen LogP contribution in [0.5, 0.6) is 0 Å². The Balaban J connectivity index is 2.72. The van der Waals surface area contributed by atoms with Crippen LogP contribution >= 0.6 is 0 Å². The van der Waals surface area contributed by atoms with E-state index in [2.05, 4.69) is 17.5 Å². The number of carbonyl (C=O) groups excluding carboxylic acids is 2. The van der Waals surface area contributed by atoms with Crippen molar-refractivity contribution in [3.8, 4) is 0 Å². The highest BCUT2D eigenvalue weighted by Gasteiger charge is 2.31. The second-order valence-electron chi connectivity index (χ2n) is 6.01. The average molecular weight is 283 g/mol. The molecular formula is C15H25NO4. The van der Waals surface area contributed by atoms with Crippen molar-refractivity contribution in [3.05, 3.63) is 12.2 Å². The van der Waals surface area contributed by atoms with Gasteiger partial charge in [0.05, 0.1) is 13.0 Å². The molecule has 0 spiro atoms. The fourth-order valence-corrected chi connectivity index (χ4v) is 2.25. The first-order valence-electron chi connectivity index (χ1n) is 7.06. The third-order valence-electron chi connectivity index (χ3n) is 3.15. The van der Waals surface area contributed by atoms with Gasteiger partial charge in [0.2, 0.25) is 0 Å². The molecule has 0 aromatic carbocycles. The number of carbonyl (C=O) groups is 2. The lowest BCUT2D eigenvalue weighted by Crippen LogP contribution is -2.45. The minimum atomic E-state index is -0.549. The molecule has 0 saturated heterocycles. The van der Waals surface area contributed by atoms with Gasteiger partial charge in [0, 0.05) is 6.04 Å². The Morgan fingerprint density at radius 3 is 2.30 bits per heavy atom. The molecule has 20 heavy (non-hydrogen) atoms. The third kappa shape index (κ3) is 5.63. The minimum Gasteiger partial charge on any atom is -0.469 e. The Kier molecular flexibility index (Phi) is 6.05. The van der Waals surface area contributed by atoms with Crippen LogP contribution in [0.2, 0.25) is 0 Å². The SMILES string of the molecule is COC(=O)[C@H]1CC/C=C\CC[C@@H]1NC(=O)OC(C)(C)C. The summed E-state index contributed by atoms with van der Waals surface area (Å²) in [4.78, 5) is 23.7. The molecule has 1 rings (SSSR count). The summed E-state index contributed by atoms with van der Waals surface area (Å²) in [6, 6.07) is -0.248. The van der Waals surface area contributed by atoms with Gasteiger partial charge < -0.3 is 14.8 Å². The summed E-state index contributed by atoms with van der Waals surface area (Å²) >= 11 is 0. The quantitative estimate of drug-likeness (QED) is 0.625. The van der Waals surface area contributed by atoms with Gasteiger partial charge >= 0.3 is 12.1 Å². The highest BCUT2D eigenvalue weighted by atomic mass is 16.6. The van der Waals surface area contributed by atoms with Gasteiger partial charge in [0.1, 0.15) is 5.60 Å². The fourth-order valence-electron chi connectivity index (χ4n) is 2.25. The van der Waals surface area contributed by atoms with E-state index in [1.807, 2.05) is 20.8 Å². The molecule has 1 amide bonds. The Morgan fingerprint density at radius 1 is 1.15 bits per heavy atom. The van der Waals surface area contributed by atoms with E-state index in [4.69, 9.17) is 9.47 Å². The van der Waals surface area contributed by atoms with Crippen LogP contribution in [0, 0.1) is 5.92 Å². The third-order valence-corrected chi connectivity index (χ3v) is 3.15. The maximum atomic E-state index is 11.9. The molecule has 0 aliphatic heterocycles. The van der Waals surface area contributed by atoms with Crippen LogP contribution < -0.4 is 5.32 Å². The summed E-state index contributed by atoms with van der Waals surface area (Å²) < 4.78 is 10.1. The molecule has 0 fully saturated rings. The van der Waals surface area contributed by atoms with Gasteiger partial charge in [-0.2, -0.15) is 0 Å². The molecule has 5 nitrogen and oxygen atoms in total. The molecule has 0 bridgehead atoms. The summed E-state index contributed by atoms with van der Waals surface area (Å²) in [6.45, 7) is 5.43. The molecule has 1 N–H and O–H groups in total. The number of nitrogens with one attached hydrogen (secondary N) is 1. The van der Waals surface area contributed by atoms with Crippen molar-refractivity contribution >= 4 is 12.1 Å². The first-order chi connectivity index (χ1) is 9.33. The Hall–Kier alpha value is -1.52. The summed E-state index contributed by atoms with van der Waals surface area (Å²) in [5.74, 6) is -0.598. The molecule has 0 unspecified atom stereocenters. The van der Waals surface area contributed by atoms with E-state index in [9.17, 15) is 9.59 Å². The number of alkyl carbamates (subject to hydrolysis) is 1. The molecule has 114 valence electrons. The van der Waals surface area contributed by atoms with E-state index in [0.717, 1.165) is 12.8 Å². The van der Waals surface area contributed by atoms with E-state index < -0.39 is 11.7 Å². The van der Waals surface area contributed by atoms with Crippen molar-refractivity contribution in [2.45, 2.75) is 58.1 Å². The maximum absolute atomic E-state index is 11.9. The zero-order valence-electron chi connectivity index (χ0n) is 12.8. The summed E-state index contributed by atoms with van der Waals surface area (Å²) in [6.07, 6.45) is 6.68. The first-order valence-corrected chi connectivity index (χ1v) is 7.06. The average Bonchev–Trinajstić information content (AvgIpc) is 2.30. The maximum Gasteiger partial charge on any atom is 0.407 e. The van der Waals surface area contributed by atoms with Crippen molar-refractivity contribution in [1.82, 2.24) is 5.32 Å². The van der Waals surface area contributed by atoms with Crippen LogP contribution in [-0.4, -0.2) is 30.8 Å². The predicted octanol–water partition coefficient (Wildman–Crippen LogP) is 2.80. The first kappa shape index (κ1) is 16.5. The molecule has 0 aromatic heterocycles. The lowest BCUT2D eigenvalue weighted by atomic mass is 9.89. The Labute approximate surface area is 120 Å². The van der Waals surface area contributed by atoms with E-state index >= 15 is 0 Å². The van der Waals surface area contributed by atoms with Crippen molar-refractivity contribution < 1.29 is 19.1 Å². The summed E-state index contributed by atoms with van der Waals surface area (Å²) in [5, 5.41) is 2.81. The number of ether oxygens (including phenoxy) is 2. The minimum absolute atomic E-state index is 0.248. The summed E-state index contributed by atoms with van der Waals surface area (Å²) in [7, 11) is 1.38. The standard InChI is InChI=1S/C15H25NO4/c1-15(2,3)20-14(18)16-12-10-8-6-5-7-9-11(12)13(17)19-4/h5-6,11-12H,7-10H2,1-4H3,(H,16,18)/b6-5-/t11-,12-/m0/s1. The molecule has 0 aromatic rings. The van der Waals surface area contributed by atoms with Gasteiger partial charge in [-0.3, -0.25) is 4.79 Å². The number of rotatable bonds is 2. The normalized spacial score (nSPS) is 25.0. The molecular weight excluding hydrogens is 258 g/mol. The molecule has 0 heterocycles. The van der Waals surface area contributed by atoms with Crippen molar-refractivity contribution in [2.75, 3.05) is 7.11 Å². The topological polar surface area (TPSA) is 64.6 Å². The number of esters is 1. The predicted molar refractivity (Wildman–Crippen MR) is 76.3 cm³/mol. The van der Waals surface area contributed by atoms with Crippen molar-refractivity contribution in [3.63, 3.8) is 0 Å². The molecule has 0 saturated carbocycles. The second-order valence-corrected chi connectivity index (χ2v) is 6.01. The number of methoxy groups -OCH3 is 1. The lowest BCUT2D eigenvalue weighted by Gasteiger charge is -2.28. The molecule has 2 atom stereocenters. The van der Waals surface area contributed by atoms with Crippen LogP contribution in [0.3, 0.4) is 0 Å². The largest absolute Gasteiger partial charge is 0.469 e.